The van der Waals surface area contributed by atoms with E-state index in [2.05, 4.69) is 31.3 Å². The summed E-state index contributed by atoms with van der Waals surface area (Å²) in [5.74, 6) is -0.496. The average Bonchev–Trinajstić information content (AvgIpc) is 3.13. The number of rotatable bonds is 3. The molecule has 1 aliphatic heterocycles. The minimum atomic E-state index is -0.367. The summed E-state index contributed by atoms with van der Waals surface area (Å²) in [4.78, 5) is 18.8. The third kappa shape index (κ3) is 3.77. The summed E-state index contributed by atoms with van der Waals surface area (Å²) in [5.41, 5.74) is 2.28. The molecular weight excluding hydrogens is 413 g/mol. The molecule has 0 unspecified atom stereocenters. The van der Waals surface area contributed by atoms with E-state index in [1.54, 1.807) is 40.2 Å². The Morgan fingerprint density at radius 3 is 2.70 bits per heavy atom. The van der Waals surface area contributed by atoms with Crippen LogP contribution in [0.5, 0.6) is 0 Å². The highest BCUT2D eigenvalue weighted by atomic mass is 79.9. The molecule has 0 atom stereocenters. The highest BCUT2D eigenvalue weighted by Crippen LogP contribution is 2.28. The third-order valence-corrected chi connectivity index (χ3v) is 4.84. The molecule has 0 aliphatic carbocycles. The SMILES string of the molecule is O=C(c1cc(-c2cc(F)cc(Br)c2)n(-c2cccnc2)n1)N1CCNCC1. The van der Waals surface area contributed by atoms with Crippen LogP contribution in [0.15, 0.2) is 53.3 Å². The number of hydrogen-bond donors (Lipinski definition) is 1. The van der Waals surface area contributed by atoms with Gasteiger partial charge in [0, 0.05) is 42.4 Å². The maximum Gasteiger partial charge on any atom is 0.274 e. The molecule has 1 saturated heterocycles. The van der Waals surface area contributed by atoms with Crippen molar-refractivity contribution >= 4 is 21.8 Å². The van der Waals surface area contributed by atoms with E-state index in [1.807, 2.05) is 6.07 Å². The largest absolute Gasteiger partial charge is 0.335 e. The van der Waals surface area contributed by atoms with Gasteiger partial charge in [-0.05, 0) is 36.4 Å². The van der Waals surface area contributed by atoms with Crippen molar-refractivity contribution in [2.75, 3.05) is 26.2 Å². The van der Waals surface area contributed by atoms with Crippen molar-refractivity contribution in [1.82, 2.24) is 25.0 Å². The molecule has 0 radical (unpaired) electrons. The minimum absolute atomic E-state index is 0.129. The molecule has 138 valence electrons. The number of aromatic nitrogens is 3. The minimum Gasteiger partial charge on any atom is -0.335 e. The first-order chi connectivity index (χ1) is 13.1. The Bertz CT molecular complexity index is 949. The maximum absolute atomic E-state index is 13.9. The van der Waals surface area contributed by atoms with Gasteiger partial charge in [0.15, 0.2) is 5.69 Å². The molecule has 3 aromatic rings. The van der Waals surface area contributed by atoms with Crippen molar-refractivity contribution in [3.8, 4) is 16.9 Å². The van der Waals surface area contributed by atoms with E-state index in [1.165, 1.54) is 12.1 Å². The van der Waals surface area contributed by atoms with Crippen molar-refractivity contribution in [3.05, 3.63) is 64.8 Å². The quantitative estimate of drug-likeness (QED) is 0.695. The number of nitrogens with one attached hydrogen (secondary N) is 1. The summed E-state index contributed by atoms with van der Waals surface area (Å²) >= 11 is 3.33. The van der Waals surface area contributed by atoms with Gasteiger partial charge in [0.25, 0.3) is 5.91 Å². The summed E-state index contributed by atoms with van der Waals surface area (Å²) in [6.07, 6.45) is 3.32. The Kier molecular flexibility index (Phi) is 5.00. The molecule has 3 heterocycles. The lowest BCUT2D eigenvalue weighted by molar-refractivity contribution is 0.0729. The number of halogens is 2. The maximum atomic E-state index is 13.9. The Morgan fingerprint density at radius 2 is 2.00 bits per heavy atom. The molecule has 0 saturated carbocycles. The lowest BCUT2D eigenvalue weighted by Crippen LogP contribution is -2.46. The van der Waals surface area contributed by atoms with Crippen LogP contribution in [0, 0.1) is 5.82 Å². The van der Waals surface area contributed by atoms with Gasteiger partial charge in [-0.2, -0.15) is 5.10 Å². The zero-order valence-electron chi connectivity index (χ0n) is 14.4. The summed E-state index contributed by atoms with van der Waals surface area (Å²) < 4.78 is 16.2. The molecule has 1 fully saturated rings. The normalized spacial score (nSPS) is 14.4. The second-order valence-electron chi connectivity index (χ2n) is 6.24. The standard InChI is InChI=1S/C19H17BrFN5O/c20-14-8-13(9-15(21)10-14)18-11-17(19(27)25-6-4-22-5-7-25)24-26(18)16-2-1-3-23-12-16/h1-3,8-12,22H,4-7H2. The third-order valence-electron chi connectivity index (χ3n) is 4.38. The topological polar surface area (TPSA) is 63.1 Å². The van der Waals surface area contributed by atoms with Crippen LogP contribution >= 0.6 is 15.9 Å². The van der Waals surface area contributed by atoms with Crippen LogP contribution in [-0.2, 0) is 0 Å². The van der Waals surface area contributed by atoms with Crippen molar-refractivity contribution in [1.29, 1.82) is 0 Å². The van der Waals surface area contributed by atoms with Gasteiger partial charge in [0.2, 0.25) is 0 Å². The number of nitrogens with zero attached hydrogens (tertiary/aromatic N) is 4. The first-order valence-corrected chi connectivity index (χ1v) is 9.38. The predicted octanol–water partition coefficient (Wildman–Crippen LogP) is 2.88. The van der Waals surface area contributed by atoms with Crippen LogP contribution in [0.2, 0.25) is 0 Å². The number of carbonyl (C=O) groups is 1. The summed E-state index contributed by atoms with van der Waals surface area (Å²) in [5, 5.41) is 7.75. The molecule has 27 heavy (non-hydrogen) atoms. The molecule has 1 amide bonds. The van der Waals surface area contributed by atoms with Crippen molar-refractivity contribution < 1.29 is 9.18 Å². The Hall–Kier alpha value is -2.58. The monoisotopic (exact) mass is 429 g/mol. The van der Waals surface area contributed by atoms with E-state index in [4.69, 9.17) is 0 Å². The van der Waals surface area contributed by atoms with Gasteiger partial charge in [-0.15, -0.1) is 0 Å². The molecule has 2 aromatic heterocycles. The Labute approximate surface area is 164 Å². The summed E-state index contributed by atoms with van der Waals surface area (Å²) in [6.45, 7) is 2.80. The first kappa shape index (κ1) is 17.8. The Morgan fingerprint density at radius 1 is 1.19 bits per heavy atom. The van der Waals surface area contributed by atoms with E-state index in [0.29, 0.717) is 40.2 Å². The zero-order valence-corrected chi connectivity index (χ0v) is 16.0. The molecular formula is C19H17BrFN5O. The molecule has 1 aliphatic rings. The van der Waals surface area contributed by atoms with Crippen LogP contribution in [0.1, 0.15) is 10.5 Å². The Balaban J connectivity index is 1.81. The summed E-state index contributed by atoms with van der Waals surface area (Å²) in [7, 11) is 0. The van der Waals surface area contributed by atoms with Crippen LogP contribution < -0.4 is 5.32 Å². The van der Waals surface area contributed by atoms with E-state index < -0.39 is 0 Å². The van der Waals surface area contributed by atoms with Gasteiger partial charge in [-0.25, -0.2) is 9.07 Å². The average molecular weight is 430 g/mol. The van der Waals surface area contributed by atoms with Gasteiger partial charge in [0.05, 0.1) is 17.6 Å². The lowest BCUT2D eigenvalue weighted by atomic mass is 10.1. The van der Waals surface area contributed by atoms with E-state index in [-0.39, 0.29) is 11.7 Å². The highest BCUT2D eigenvalue weighted by Gasteiger charge is 2.23. The van der Waals surface area contributed by atoms with Gasteiger partial charge >= 0.3 is 0 Å². The molecule has 8 heteroatoms. The van der Waals surface area contributed by atoms with Crippen molar-refractivity contribution in [3.63, 3.8) is 0 Å². The number of piperazine rings is 1. The molecule has 1 aromatic carbocycles. The smallest absolute Gasteiger partial charge is 0.274 e. The molecule has 1 N–H and O–H groups in total. The van der Waals surface area contributed by atoms with Crippen LogP contribution in [-0.4, -0.2) is 51.8 Å². The van der Waals surface area contributed by atoms with Gasteiger partial charge < -0.3 is 10.2 Å². The van der Waals surface area contributed by atoms with E-state index >= 15 is 0 Å². The fraction of sp³-hybridized carbons (Fsp3) is 0.211. The van der Waals surface area contributed by atoms with Crippen LogP contribution in [0.25, 0.3) is 16.9 Å². The lowest BCUT2D eigenvalue weighted by Gasteiger charge is -2.26. The van der Waals surface area contributed by atoms with Gasteiger partial charge in [-0.1, -0.05) is 15.9 Å². The fourth-order valence-corrected chi connectivity index (χ4v) is 3.56. The van der Waals surface area contributed by atoms with E-state index in [9.17, 15) is 9.18 Å². The number of pyridine rings is 1. The molecule has 4 rings (SSSR count). The van der Waals surface area contributed by atoms with Crippen LogP contribution in [0.4, 0.5) is 4.39 Å². The van der Waals surface area contributed by atoms with Crippen LogP contribution in [0.3, 0.4) is 0 Å². The second-order valence-corrected chi connectivity index (χ2v) is 7.15. The first-order valence-electron chi connectivity index (χ1n) is 8.59. The summed E-state index contributed by atoms with van der Waals surface area (Å²) in [6, 6.07) is 9.95. The molecule has 0 bridgehead atoms. The molecule has 6 nitrogen and oxygen atoms in total. The van der Waals surface area contributed by atoms with E-state index in [0.717, 1.165) is 13.1 Å². The van der Waals surface area contributed by atoms with Gasteiger partial charge in [-0.3, -0.25) is 9.78 Å². The second kappa shape index (κ2) is 7.58. The highest BCUT2D eigenvalue weighted by molar-refractivity contribution is 9.10. The number of hydrogen-bond acceptors (Lipinski definition) is 4. The zero-order chi connectivity index (χ0) is 18.8. The van der Waals surface area contributed by atoms with Crippen molar-refractivity contribution in [2.45, 2.75) is 0 Å². The van der Waals surface area contributed by atoms with Crippen molar-refractivity contribution in [2.24, 2.45) is 0 Å². The predicted molar refractivity (Wildman–Crippen MR) is 103 cm³/mol. The number of benzene rings is 1. The van der Waals surface area contributed by atoms with Gasteiger partial charge in [0.1, 0.15) is 5.82 Å². The number of amides is 1. The fourth-order valence-electron chi connectivity index (χ4n) is 3.10. The number of carbonyl (C=O) groups excluding carboxylic acids is 1. The molecule has 0 spiro atoms.